The van der Waals surface area contributed by atoms with Crippen LogP contribution in [0.1, 0.15) is 56.2 Å². The third-order valence-corrected chi connectivity index (χ3v) is 4.71. The van der Waals surface area contributed by atoms with Crippen LogP contribution < -0.4 is 9.47 Å². The SMILES string of the molecule is CCCOc1ccc(CN2CCC[C@H]2c2cc(CC)no2)cc1OC. The Hall–Kier alpha value is -2.01. The zero-order valence-electron chi connectivity index (χ0n) is 15.5. The maximum atomic E-state index is 5.75. The van der Waals surface area contributed by atoms with Crippen molar-refractivity contribution in [2.75, 3.05) is 20.3 Å². The van der Waals surface area contributed by atoms with Crippen molar-refractivity contribution in [3.63, 3.8) is 0 Å². The maximum absolute atomic E-state index is 5.75. The Morgan fingerprint density at radius 3 is 2.84 bits per heavy atom. The van der Waals surface area contributed by atoms with Crippen LogP contribution in [0.2, 0.25) is 0 Å². The van der Waals surface area contributed by atoms with Crippen molar-refractivity contribution in [2.24, 2.45) is 0 Å². The van der Waals surface area contributed by atoms with Gasteiger partial charge >= 0.3 is 0 Å². The van der Waals surface area contributed by atoms with Crippen molar-refractivity contribution in [2.45, 2.75) is 52.1 Å². The molecule has 0 bridgehead atoms. The number of nitrogens with zero attached hydrogens (tertiary/aromatic N) is 2. The number of hydrogen-bond donors (Lipinski definition) is 0. The largest absolute Gasteiger partial charge is 0.493 e. The fourth-order valence-electron chi connectivity index (χ4n) is 3.37. The van der Waals surface area contributed by atoms with Crippen LogP contribution in [0.3, 0.4) is 0 Å². The second kappa shape index (κ2) is 8.39. The lowest BCUT2D eigenvalue weighted by Crippen LogP contribution is -2.22. The Morgan fingerprint density at radius 2 is 2.12 bits per heavy atom. The highest BCUT2D eigenvalue weighted by molar-refractivity contribution is 5.43. The van der Waals surface area contributed by atoms with Gasteiger partial charge < -0.3 is 14.0 Å². The lowest BCUT2D eigenvalue weighted by atomic mass is 10.1. The lowest BCUT2D eigenvalue weighted by molar-refractivity contribution is 0.206. The second-order valence-corrected chi connectivity index (χ2v) is 6.54. The number of aromatic nitrogens is 1. The summed E-state index contributed by atoms with van der Waals surface area (Å²) in [5, 5.41) is 4.15. The molecule has 1 saturated heterocycles. The van der Waals surface area contributed by atoms with Crippen molar-refractivity contribution in [3.05, 3.63) is 41.3 Å². The molecule has 1 aromatic carbocycles. The Morgan fingerprint density at radius 1 is 1.24 bits per heavy atom. The molecule has 136 valence electrons. The summed E-state index contributed by atoms with van der Waals surface area (Å²) < 4.78 is 16.8. The molecule has 0 aliphatic carbocycles. The Bertz CT molecular complexity index is 683. The van der Waals surface area contributed by atoms with Gasteiger partial charge in [0.25, 0.3) is 0 Å². The van der Waals surface area contributed by atoms with E-state index in [0.29, 0.717) is 12.6 Å². The van der Waals surface area contributed by atoms with Crippen LogP contribution in [0.4, 0.5) is 0 Å². The van der Waals surface area contributed by atoms with Crippen LogP contribution in [0.15, 0.2) is 28.8 Å². The Labute approximate surface area is 149 Å². The van der Waals surface area contributed by atoms with E-state index in [1.165, 1.54) is 12.0 Å². The monoisotopic (exact) mass is 344 g/mol. The van der Waals surface area contributed by atoms with E-state index < -0.39 is 0 Å². The summed E-state index contributed by atoms with van der Waals surface area (Å²) in [6, 6.07) is 8.64. The van der Waals surface area contributed by atoms with Gasteiger partial charge in [-0.05, 0) is 49.9 Å². The first kappa shape index (κ1) is 17.8. The van der Waals surface area contributed by atoms with Crippen LogP contribution in [0.25, 0.3) is 0 Å². The number of benzene rings is 1. The van der Waals surface area contributed by atoms with Gasteiger partial charge in [-0.3, -0.25) is 4.90 Å². The molecule has 25 heavy (non-hydrogen) atoms. The summed E-state index contributed by atoms with van der Waals surface area (Å²) in [7, 11) is 1.69. The third-order valence-electron chi connectivity index (χ3n) is 4.71. The maximum Gasteiger partial charge on any atom is 0.161 e. The van der Waals surface area contributed by atoms with Crippen molar-refractivity contribution in [1.82, 2.24) is 10.1 Å². The van der Waals surface area contributed by atoms with E-state index >= 15 is 0 Å². The minimum Gasteiger partial charge on any atom is -0.493 e. The van der Waals surface area contributed by atoms with Crippen LogP contribution >= 0.6 is 0 Å². The molecule has 1 fully saturated rings. The minimum atomic E-state index is 0.315. The summed E-state index contributed by atoms with van der Waals surface area (Å²) in [6.45, 7) is 6.85. The van der Waals surface area contributed by atoms with Crippen LogP contribution in [0.5, 0.6) is 11.5 Å². The third kappa shape index (κ3) is 4.15. The van der Waals surface area contributed by atoms with Crippen molar-refractivity contribution < 1.29 is 14.0 Å². The van der Waals surface area contributed by atoms with E-state index in [2.05, 4.69) is 42.1 Å². The molecule has 5 nitrogen and oxygen atoms in total. The van der Waals surface area contributed by atoms with Gasteiger partial charge in [-0.15, -0.1) is 0 Å². The van der Waals surface area contributed by atoms with E-state index in [9.17, 15) is 0 Å². The zero-order valence-corrected chi connectivity index (χ0v) is 15.5. The molecule has 1 aliphatic heterocycles. The first-order valence-corrected chi connectivity index (χ1v) is 9.24. The fourth-order valence-corrected chi connectivity index (χ4v) is 3.37. The molecular formula is C20H28N2O3. The minimum absolute atomic E-state index is 0.315. The summed E-state index contributed by atoms with van der Waals surface area (Å²) in [6.07, 6.45) is 4.19. The summed E-state index contributed by atoms with van der Waals surface area (Å²) in [5.41, 5.74) is 2.25. The molecule has 2 heterocycles. The van der Waals surface area contributed by atoms with Gasteiger partial charge in [0.05, 0.1) is 25.5 Å². The Balaban J connectivity index is 1.72. The van der Waals surface area contributed by atoms with E-state index in [1.807, 2.05) is 6.07 Å². The van der Waals surface area contributed by atoms with Crippen molar-refractivity contribution in [3.8, 4) is 11.5 Å². The van der Waals surface area contributed by atoms with Crippen molar-refractivity contribution in [1.29, 1.82) is 0 Å². The fraction of sp³-hybridized carbons (Fsp3) is 0.550. The molecule has 2 aromatic rings. The molecule has 0 radical (unpaired) electrons. The number of hydrogen-bond acceptors (Lipinski definition) is 5. The number of likely N-dealkylation sites (tertiary alicyclic amines) is 1. The number of rotatable bonds is 8. The van der Waals surface area contributed by atoms with Gasteiger partial charge in [0.2, 0.25) is 0 Å². The normalized spacial score (nSPS) is 17.8. The first-order valence-electron chi connectivity index (χ1n) is 9.24. The predicted octanol–water partition coefficient (Wildman–Crippen LogP) is 4.37. The van der Waals surface area contributed by atoms with Gasteiger partial charge in [-0.1, -0.05) is 25.1 Å². The van der Waals surface area contributed by atoms with E-state index in [0.717, 1.165) is 55.3 Å². The predicted molar refractivity (Wildman–Crippen MR) is 97.0 cm³/mol. The molecule has 0 unspecified atom stereocenters. The van der Waals surface area contributed by atoms with E-state index in [1.54, 1.807) is 7.11 Å². The standard InChI is InChI=1S/C20H28N2O3/c1-4-11-24-18-9-8-15(12-20(18)23-3)14-22-10-6-7-17(22)19-13-16(5-2)21-25-19/h8-9,12-13,17H,4-7,10-11,14H2,1-3H3/t17-/m0/s1. The first-order chi connectivity index (χ1) is 12.2. The number of ether oxygens (including phenoxy) is 2. The molecule has 0 amide bonds. The van der Waals surface area contributed by atoms with Crippen molar-refractivity contribution >= 4 is 0 Å². The number of methoxy groups -OCH3 is 1. The molecule has 1 atom stereocenters. The van der Waals surface area contributed by atoms with Gasteiger partial charge in [-0.25, -0.2) is 0 Å². The van der Waals surface area contributed by atoms with Crippen LogP contribution in [0, 0.1) is 0 Å². The van der Waals surface area contributed by atoms with Gasteiger partial charge in [0, 0.05) is 12.6 Å². The second-order valence-electron chi connectivity index (χ2n) is 6.54. The van der Waals surface area contributed by atoms with E-state index in [4.69, 9.17) is 14.0 Å². The Kier molecular flexibility index (Phi) is 5.97. The molecule has 5 heteroatoms. The van der Waals surface area contributed by atoms with E-state index in [-0.39, 0.29) is 0 Å². The quantitative estimate of drug-likeness (QED) is 0.711. The molecular weight excluding hydrogens is 316 g/mol. The molecule has 3 rings (SSSR count). The highest BCUT2D eigenvalue weighted by atomic mass is 16.5. The van der Waals surface area contributed by atoms with Gasteiger partial charge in [0.1, 0.15) is 0 Å². The zero-order chi connectivity index (χ0) is 17.6. The molecule has 1 aliphatic rings. The topological polar surface area (TPSA) is 47.7 Å². The summed E-state index contributed by atoms with van der Waals surface area (Å²) in [4.78, 5) is 2.46. The molecule has 1 aromatic heterocycles. The number of aryl methyl sites for hydroxylation is 1. The molecule has 0 spiro atoms. The average Bonchev–Trinajstić information content (AvgIpc) is 3.29. The average molecular weight is 344 g/mol. The highest BCUT2D eigenvalue weighted by Crippen LogP contribution is 2.35. The van der Waals surface area contributed by atoms with Gasteiger partial charge in [-0.2, -0.15) is 0 Å². The van der Waals surface area contributed by atoms with Gasteiger partial charge in [0.15, 0.2) is 17.3 Å². The summed E-state index contributed by atoms with van der Waals surface area (Å²) >= 11 is 0. The van der Waals surface area contributed by atoms with Crippen LogP contribution in [-0.4, -0.2) is 30.3 Å². The molecule has 0 saturated carbocycles. The smallest absolute Gasteiger partial charge is 0.161 e. The lowest BCUT2D eigenvalue weighted by Gasteiger charge is -2.23. The molecule has 0 N–H and O–H groups in total. The van der Waals surface area contributed by atoms with Crippen LogP contribution in [-0.2, 0) is 13.0 Å². The summed E-state index contributed by atoms with van der Waals surface area (Å²) in [5.74, 6) is 2.60. The highest BCUT2D eigenvalue weighted by Gasteiger charge is 2.29.